The predicted octanol–water partition coefficient (Wildman–Crippen LogP) is 0.932. The van der Waals surface area contributed by atoms with Crippen molar-refractivity contribution in [3.63, 3.8) is 0 Å². The number of amides is 1. The van der Waals surface area contributed by atoms with Crippen molar-refractivity contribution in [2.45, 2.75) is 19.4 Å². The number of primary amides is 1. The largest absolute Gasteiger partial charge is 0.370 e. The second-order valence-electron chi connectivity index (χ2n) is 2.77. The molecule has 0 aliphatic rings. The average molecular weight is 184 g/mol. The fraction of sp³-hybridized carbons (Fsp3) is 0.375. The molecule has 66 valence electrons. The third-order valence-electron chi connectivity index (χ3n) is 1.60. The van der Waals surface area contributed by atoms with E-state index in [9.17, 15) is 4.79 Å². The summed E-state index contributed by atoms with van der Waals surface area (Å²) in [4.78, 5) is 11.7. The van der Waals surface area contributed by atoms with E-state index in [2.05, 4.69) is 0 Å². The van der Waals surface area contributed by atoms with Crippen LogP contribution in [0.3, 0.4) is 0 Å². The Morgan fingerprint density at radius 3 is 2.83 bits per heavy atom. The first-order chi connectivity index (χ1) is 5.59. The van der Waals surface area contributed by atoms with Gasteiger partial charge in [-0.2, -0.15) is 0 Å². The normalized spacial score (nSPS) is 12.8. The summed E-state index contributed by atoms with van der Waals surface area (Å²) in [7, 11) is 0. The van der Waals surface area contributed by atoms with Crippen LogP contribution in [0.1, 0.15) is 22.9 Å². The van der Waals surface area contributed by atoms with Crippen LogP contribution < -0.4 is 11.5 Å². The Morgan fingerprint density at radius 1 is 1.75 bits per heavy atom. The summed E-state index contributed by atoms with van der Waals surface area (Å²) in [6.45, 7) is 2.01. The van der Waals surface area contributed by atoms with Gasteiger partial charge in [0, 0.05) is 17.3 Å². The van der Waals surface area contributed by atoms with Crippen molar-refractivity contribution >= 4 is 17.2 Å². The summed E-state index contributed by atoms with van der Waals surface area (Å²) in [6, 6.07) is 1.74. The van der Waals surface area contributed by atoms with E-state index < -0.39 is 0 Å². The summed E-state index contributed by atoms with van der Waals surface area (Å²) in [5.74, 6) is -0.355. The van der Waals surface area contributed by atoms with Gasteiger partial charge in [0.25, 0.3) is 0 Å². The molecular weight excluding hydrogens is 172 g/mol. The number of nitrogens with two attached hydrogens (primary N) is 2. The Balaban J connectivity index is 2.64. The third-order valence-corrected chi connectivity index (χ3v) is 2.48. The zero-order valence-corrected chi connectivity index (χ0v) is 7.73. The maximum absolute atomic E-state index is 10.5. The molecule has 0 unspecified atom stereocenters. The molecule has 4 N–H and O–H groups in total. The van der Waals surface area contributed by atoms with E-state index in [-0.39, 0.29) is 18.4 Å². The van der Waals surface area contributed by atoms with Crippen LogP contribution in [0, 0.1) is 6.92 Å². The van der Waals surface area contributed by atoms with Crippen molar-refractivity contribution < 1.29 is 4.79 Å². The van der Waals surface area contributed by atoms with E-state index >= 15 is 0 Å². The van der Waals surface area contributed by atoms with Crippen molar-refractivity contribution in [3.8, 4) is 0 Å². The van der Waals surface area contributed by atoms with Gasteiger partial charge in [0.15, 0.2) is 0 Å². The van der Waals surface area contributed by atoms with Gasteiger partial charge in [-0.05, 0) is 23.9 Å². The fourth-order valence-corrected chi connectivity index (χ4v) is 1.76. The predicted molar refractivity (Wildman–Crippen MR) is 49.8 cm³/mol. The standard InChI is InChI=1S/C8H12N2OS/c1-5-2-6(4-12-5)7(9)3-8(10)11/h2,4,7H,3,9H2,1H3,(H2,10,11)/t7-/m1/s1. The second kappa shape index (κ2) is 3.69. The maximum atomic E-state index is 10.5. The van der Waals surface area contributed by atoms with Crippen LogP contribution in [-0.2, 0) is 4.79 Å². The molecule has 1 amide bonds. The molecule has 4 heteroatoms. The number of carbonyl (C=O) groups is 1. The van der Waals surface area contributed by atoms with Gasteiger partial charge in [0.2, 0.25) is 5.91 Å². The quantitative estimate of drug-likeness (QED) is 0.733. The van der Waals surface area contributed by atoms with Crippen LogP contribution in [-0.4, -0.2) is 5.91 Å². The average Bonchev–Trinajstić information content (AvgIpc) is 2.34. The zero-order valence-electron chi connectivity index (χ0n) is 6.91. The summed E-state index contributed by atoms with van der Waals surface area (Å²) < 4.78 is 0. The molecule has 0 aliphatic carbocycles. The lowest BCUT2D eigenvalue weighted by Crippen LogP contribution is -2.20. The van der Waals surface area contributed by atoms with Gasteiger partial charge in [-0.1, -0.05) is 0 Å². The molecule has 0 spiro atoms. The Kier molecular flexibility index (Phi) is 2.83. The molecular formula is C8H12N2OS. The van der Waals surface area contributed by atoms with E-state index in [0.717, 1.165) is 5.56 Å². The molecule has 0 aliphatic heterocycles. The molecule has 12 heavy (non-hydrogen) atoms. The highest BCUT2D eigenvalue weighted by molar-refractivity contribution is 7.10. The van der Waals surface area contributed by atoms with Gasteiger partial charge in [-0.25, -0.2) is 0 Å². The Bertz CT molecular complexity index is 282. The molecule has 1 atom stereocenters. The first-order valence-corrected chi connectivity index (χ1v) is 4.56. The van der Waals surface area contributed by atoms with Crippen LogP contribution in [0.5, 0.6) is 0 Å². The van der Waals surface area contributed by atoms with E-state index in [0.29, 0.717) is 0 Å². The Hall–Kier alpha value is -0.870. The smallest absolute Gasteiger partial charge is 0.219 e. The SMILES string of the molecule is Cc1cc([C@H](N)CC(N)=O)cs1. The monoisotopic (exact) mass is 184 g/mol. The lowest BCUT2D eigenvalue weighted by atomic mass is 10.1. The van der Waals surface area contributed by atoms with E-state index in [1.165, 1.54) is 4.88 Å². The molecule has 0 radical (unpaired) electrons. The van der Waals surface area contributed by atoms with Gasteiger partial charge in [-0.3, -0.25) is 4.79 Å². The summed E-state index contributed by atoms with van der Waals surface area (Å²) in [5, 5.41) is 1.96. The van der Waals surface area contributed by atoms with Gasteiger partial charge < -0.3 is 11.5 Å². The summed E-state index contributed by atoms with van der Waals surface area (Å²) in [6.07, 6.45) is 0.218. The van der Waals surface area contributed by atoms with Crippen LogP contribution in [0.15, 0.2) is 11.4 Å². The van der Waals surface area contributed by atoms with Crippen molar-refractivity contribution in [1.29, 1.82) is 0 Å². The molecule has 0 fully saturated rings. The van der Waals surface area contributed by atoms with E-state index in [1.54, 1.807) is 11.3 Å². The third kappa shape index (κ3) is 2.32. The lowest BCUT2D eigenvalue weighted by Gasteiger charge is -2.05. The van der Waals surface area contributed by atoms with Gasteiger partial charge >= 0.3 is 0 Å². The maximum Gasteiger partial charge on any atom is 0.219 e. The van der Waals surface area contributed by atoms with Crippen molar-refractivity contribution in [3.05, 3.63) is 21.9 Å². The molecule has 1 rings (SSSR count). The first kappa shape index (κ1) is 9.22. The summed E-state index contributed by atoms with van der Waals surface area (Å²) >= 11 is 1.63. The zero-order chi connectivity index (χ0) is 9.14. The highest BCUT2D eigenvalue weighted by Gasteiger charge is 2.09. The van der Waals surface area contributed by atoms with Crippen LogP contribution in [0.25, 0.3) is 0 Å². The van der Waals surface area contributed by atoms with Crippen molar-refractivity contribution in [2.75, 3.05) is 0 Å². The topological polar surface area (TPSA) is 69.1 Å². The van der Waals surface area contributed by atoms with Crippen LogP contribution >= 0.6 is 11.3 Å². The molecule has 3 nitrogen and oxygen atoms in total. The number of thiophene rings is 1. The Morgan fingerprint density at radius 2 is 2.42 bits per heavy atom. The minimum atomic E-state index is -0.355. The minimum Gasteiger partial charge on any atom is -0.370 e. The number of hydrogen-bond donors (Lipinski definition) is 2. The van der Waals surface area contributed by atoms with Crippen molar-refractivity contribution in [1.82, 2.24) is 0 Å². The van der Waals surface area contributed by atoms with Crippen LogP contribution in [0.2, 0.25) is 0 Å². The van der Waals surface area contributed by atoms with E-state index in [1.807, 2.05) is 18.4 Å². The number of rotatable bonds is 3. The molecule has 0 saturated heterocycles. The Labute approximate surface area is 75.4 Å². The summed E-state index contributed by atoms with van der Waals surface area (Å²) in [5.41, 5.74) is 11.7. The molecule has 1 aromatic rings. The highest BCUT2D eigenvalue weighted by Crippen LogP contribution is 2.20. The fourth-order valence-electron chi connectivity index (χ4n) is 0.993. The number of hydrogen-bond acceptors (Lipinski definition) is 3. The van der Waals surface area contributed by atoms with Gasteiger partial charge in [-0.15, -0.1) is 11.3 Å². The van der Waals surface area contributed by atoms with E-state index in [4.69, 9.17) is 11.5 Å². The minimum absolute atomic E-state index is 0.218. The molecule has 1 heterocycles. The van der Waals surface area contributed by atoms with Crippen LogP contribution in [0.4, 0.5) is 0 Å². The molecule has 0 saturated carbocycles. The molecule has 0 bridgehead atoms. The highest BCUT2D eigenvalue weighted by atomic mass is 32.1. The first-order valence-electron chi connectivity index (χ1n) is 3.68. The molecule has 1 aromatic heterocycles. The van der Waals surface area contributed by atoms with Gasteiger partial charge in [0.1, 0.15) is 0 Å². The number of aryl methyl sites for hydroxylation is 1. The molecule has 0 aromatic carbocycles. The van der Waals surface area contributed by atoms with Crippen molar-refractivity contribution in [2.24, 2.45) is 11.5 Å². The number of carbonyl (C=O) groups excluding carboxylic acids is 1. The van der Waals surface area contributed by atoms with Gasteiger partial charge in [0.05, 0.1) is 0 Å². The lowest BCUT2D eigenvalue weighted by molar-refractivity contribution is -0.118. The second-order valence-corrected chi connectivity index (χ2v) is 3.88.